The zero-order chi connectivity index (χ0) is 16.1. The maximum absolute atomic E-state index is 12.9. The van der Waals surface area contributed by atoms with Gasteiger partial charge in [-0.3, -0.25) is 4.79 Å². The van der Waals surface area contributed by atoms with Gasteiger partial charge in [-0.05, 0) is 24.0 Å². The number of ketones is 1. The molecule has 2 atom stereocenters. The van der Waals surface area contributed by atoms with E-state index >= 15 is 0 Å². The summed E-state index contributed by atoms with van der Waals surface area (Å²) >= 11 is 0. The average Bonchev–Trinajstić information content (AvgIpc) is 2.95. The molecule has 2 nitrogen and oxygen atoms in total. The van der Waals surface area contributed by atoms with Gasteiger partial charge in [-0.15, -0.1) is 0 Å². The summed E-state index contributed by atoms with van der Waals surface area (Å²) in [6.45, 7) is 2.18. The Bertz CT molecular complexity index is 635. The van der Waals surface area contributed by atoms with Gasteiger partial charge in [-0.25, -0.2) is 0 Å². The molecule has 0 aromatic heterocycles. The van der Waals surface area contributed by atoms with Gasteiger partial charge in [0.2, 0.25) is 0 Å². The number of hydrogen-bond acceptors (Lipinski definition) is 2. The van der Waals surface area contributed by atoms with E-state index < -0.39 is 5.60 Å². The summed E-state index contributed by atoms with van der Waals surface area (Å²) in [5.41, 5.74) is 1.32. The Hall–Kier alpha value is -1.93. The van der Waals surface area contributed by atoms with Gasteiger partial charge in [0.15, 0.2) is 11.4 Å². The van der Waals surface area contributed by atoms with E-state index in [1.807, 2.05) is 60.7 Å². The zero-order valence-electron chi connectivity index (χ0n) is 13.7. The van der Waals surface area contributed by atoms with Crippen molar-refractivity contribution < 1.29 is 9.53 Å². The van der Waals surface area contributed by atoms with E-state index in [9.17, 15) is 4.79 Å². The second-order valence-electron chi connectivity index (χ2n) is 6.29. The number of benzene rings is 2. The van der Waals surface area contributed by atoms with E-state index in [4.69, 9.17) is 4.74 Å². The summed E-state index contributed by atoms with van der Waals surface area (Å²) in [7, 11) is 0. The van der Waals surface area contributed by atoms with Gasteiger partial charge < -0.3 is 4.74 Å². The molecule has 120 valence electrons. The van der Waals surface area contributed by atoms with Crippen molar-refractivity contribution >= 4 is 5.78 Å². The summed E-state index contributed by atoms with van der Waals surface area (Å²) in [6.07, 6.45) is 4.38. The van der Waals surface area contributed by atoms with Crippen LogP contribution in [0.25, 0.3) is 0 Å². The average molecular weight is 308 g/mol. The normalized spacial score (nSPS) is 24.0. The van der Waals surface area contributed by atoms with Crippen molar-refractivity contribution in [3.05, 3.63) is 71.8 Å². The first-order valence-corrected chi connectivity index (χ1v) is 8.58. The standard InChI is InChI=1S/C21H24O2/c1-2-3-10-15-21(18-13-8-5-9-14-18)20(22)16-19(23-21)17-11-6-4-7-12-17/h4-9,11-14,19H,2-3,10,15-16H2,1H3/t19-,21+/m1/s1. The molecule has 0 spiro atoms. The number of ether oxygens (including phenoxy) is 1. The molecule has 1 saturated heterocycles. The van der Waals surface area contributed by atoms with E-state index in [0.29, 0.717) is 6.42 Å². The van der Waals surface area contributed by atoms with Gasteiger partial charge >= 0.3 is 0 Å². The number of carbonyl (C=O) groups excluding carboxylic acids is 1. The third-order valence-corrected chi connectivity index (χ3v) is 4.71. The first-order valence-electron chi connectivity index (χ1n) is 8.58. The van der Waals surface area contributed by atoms with Gasteiger partial charge in [0.05, 0.1) is 6.10 Å². The lowest BCUT2D eigenvalue weighted by Crippen LogP contribution is -2.33. The van der Waals surface area contributed by atoms with Crippen LogP contribution in [0.5, 0.6) is 0 Å². The van der Waals surface area contributed by atoms with Crippen molar-refractivity contribution in [3.63, 3.8) is 0 Å². The van der Waals surface area contributed by atoms with Crippen molar-refractivity contribution in [2.45, 2.75) is 50.7 Å². The molecule has 1 fully saturated rings. The van der Waals surface area contributed by atoms with Crippen LogP contribution in [-0.4, -0.2) is 5.78 Å². The van der Waals surface area contributed by atoms with Crippen LogP contribution in [0.15, 0.2) is 60.7 Å². The summed E-state index contributed by atoms with van der Waals surface area (Å²) in [5, 5.41) is 0. The molecule has 2 aromatic rings. The summed E-state index contributed by atoms with van der Waals surface area (Å²) in [4.78, 5) is 12.9. The molecule has 0 bridgehead atoms. The Labute approximate surface area is 138 Å². The Kier molecular flexibility index (Phi) is 4.92. The molecule has 0 saturated carbocycles. The highest BCUT2D eigenvalue weighted by molar-refractivity contribution is 5.90. The number of Topliss-reactive ketones (excluding diaryl/α,β-unsaturated/α-hetero) is 1. The van der Waals surface area contributed by atoms with Gasteiger partial charge in [-0.2, -0.15) is 0 Å². The maximum Gasteiger partial charge on any atom is 0.172 e. The predicted octanol–water partition coefficient (Wildman–Crippen LogP) is 5.19. The lowest BCUT2D eigenvalue weighted by Gasteiger charge is -2.29. The van der Waals surface area contributed by atoms with Crippen LogP contribution in [-0.2, 0) is 15.1 Å². The van der Waals surface area contributed by atoms with Crippen LogP contribution in [0.1, 0.15) is 56.3 Å². The van der Waals surface area contributed by atoms with Crippen LogP contribution in [0.2, 0.25) is 0 Å². The molecule has 2 heteroatoms. The van der Waals surface area contributed by atoms with Crippen molar-refractivity contribution in [2.24, 2.45) is 0 Å². The predicted molar refractivity (Wildman–Crippen MR) is 92.2 cm³/mol. The van der Waals surface area contributed by atoms with Crippen LogP contribution in [0.4, 0.5) is 0 Å². The highest BCUT2D eigenvalue weighted by atomic mass is 16.5. The highest BCUT2D eigenvalue weighted by Crippen LogP contribution is 2.46. The number of carbonyl (C=O) groups is 1. The van der Waals surface area contributed by atoms with E-state index in [2.05, 4.69) is 6.92 Å². The number of unbranched alkanes of at least 4 members (excludes halogenated alkanes) is 2. The van der Waals surface area contributed by atoms with Gasteiger partial charge in [0, 0.05) is 6.42 Å². The fraction of sp³-hybridized carbons (Fsp3) is 0.381. The van der Waals surface area contributed by atoms with Crippen LogP contribution in [0.3, 0.4) is 0 Å². The minimum atomic E-state index is -0.767. The topological polar surface area (TPSA) is 26.3 Å². The smallest absolute Gasteiger partial charge is 0.172 e. The van der Waals surface area contributed by atoms with Crippen molar-refractivity contribution in [2.75, 3.05) is 0 Å². The fourth-order valence-corrected chi connectivity index (χ4v) is 3.44. The van der Waals surface area contributed by atoms with Gasteiger partial charge in [0.1, 0.15) is 0 Å². The maximum atomic E-state index is 12.9. The molecule has 1 aliphatic rings. The third-order valence-electron chi connectivity index (χ3n) is 4.71. The van der Waals surface area contributed by atoms with E-state index in [1.54, 1.807) is 0 Å². The molecule has 0 N–H and O–H groups in total. The van der Waals surface area contributed by atoms with Crippen LogP contribution >= 0.6 is 0 Å². The molecule has 0 unspecified atom stereocenters. The van der Waals surface area contributed by atoms with Crippen LogP contribution < -0.4 is 0 Å². The lowest BCUT2D eigenvalue weighted by molar-refractivity contribution is -0.136. The second-order valence-corrected chi connectivity index (χ2v) is 6.29. The number of hydrogen-bond donors (Lipinski definition) is 0. The quantitative estimate of drug-likeness (QED) is 0.686. The molecule has 0 radical (unpaired) electrons. The monoisotopic (exact) mass is 308 g/mol. The molecular formula is C21H24O2. The third kappa shape index (κ3) is 3.23. The molecule has 0 aliphatic carbocycles. The summed E-state index contributed by atoms with van der Waals surface area (Å²) in [5.74, 6) is 0.216. The zero-order valence-corrected chi connectivity index (χ0v) is 13.7. The van der Waals surface area contributed by atoms with Crippen LogP contribution in [0, 0.1) is 0 Å². The SMILES string of the molecule is CCCCC[C@@]1(c2ccccc2)O[C@@H](c2ccccc2)CC1=O. The number of rotatable bonds is 6. The summed E-state index contributed by atoms with van der Waals surface area (Å²) in [6, 6.07) is 20.1. The Morgan fingerprint density at radius 1 is 1.00 bits per heavy atom. The minimum absolute atomic E-state index is 0.134. The molecule has 1 heterocycles. The molecule has 2 aromatic carbocycles. The van der Waals surface area contributed by atoms with Crippen molar-refractivity contribution in [1.82, 2.24) is 0 Å². The molecule has 3 rings (SSSR count). The van der Waals surface area contributed by atoms with E-state index in [0.717, 1.165) is 36.8 Å². The second kappa shape index (κ2) is 7.10. The Morgan fingerprint density at radius 2 is 1.65 bits per heavy atom. The van der Waals surface area contributed by atoms with Gasteiger partial charge in [-0.1, -0.05) is 80.4 Å². The Balaban J connectivity index is 1.91. The highest BCUT2D eigenvalue weighted by Gasteiger charge is 2.48. The first kappa shape index (κ1) is 15.9. The van der Waals surface area contributed by atoms with E-state index in [1.165, 1.54) is 0 Å². The minimum Gasteiger partial charge on any atom is -0.354 e. The van der Waals surface area contributed by atoms with E-state index in [-0.39, 0.29) is 11.9 Å². The molecule has 0 amide bonds. The largest absolute Gasteiger partial charge is 0.354 e. The fourth-order valence-electron chi connectivity index (χ4n) is 3.44. The lowest BCUT2D eigenvalue weighted by atomic mass is 9.84. The van der Waals surface area contributed by atoms with Gasteiger partial charge in [0.25, 0.3) is 0 Å². The van der Waals surface area contributed by atoms with Crippen molar-refractivity contribution in [3.8, 4) is 0 Å². The molecule has 23 heavy (non-hydrogen) atoms. The Morgan fingerprint density at radius 3 is 2.30 bits per heavy atom. The molecular weight excluding hydrogens is 284 g/mol. The first-order chi connectivity index (χ1) is 11.3. The summed E-state index contributed by atoms with van der Waals surface area (Å²) < 4.78 is 6.43. The van der Waals surface area contributed by atoms with Crippen molar-refractivity contribution in [1.29, 1.82) is 0 Å². The molecule has 1 aliphatic heterocycles.